The van der Waals surface area contributed by atoms with Crippen LogP contribution in [0.4, 0.5) is 0 Å². The summed E-state index contributed by atoms with van der Waals surface area (Å²) in [6.07, 6.45) is 0. The minimum Gasteiger partial charge on any atom is -0.351 e. The third-order valence-corrected chi connectivity index (χ3v) is 4.15. The molecular weight excluding hydrogens is 310 g/mol. The number of rotatable bonds is 6. The minimum atomic E-state index is -0.189. The van der Waals surface area contributed by atoms with Gasteiger partial charge in [-0.1, -0.05) is 55.4 Å². The van der Waals surface area contributed by atoms with E-state index in [0.717, 1.165) is 11.3 Å². The monoisotopic (exact) mass is 331 g/mol. The summed E-state index contributed by atoms with van der Waals surface area (Å²) in [7, 11) is 0. The number of benzene rings is 1. The predicted molar refractivity (Wildman–Crippen MR) is 92.7 cm³/mol. The Morgan fingerprint density at radius 1 is 1.30 bits per heavy atom. The molecule has 23 heavy (non-hydrogen) atoms. The van der Waals surface area contributed by atoms with Crippen LogP contribution in [0.1, 0.15) is 36.6 Å². The molecule has 0 unspecified atom stereocenters. The number of nitrogens with zero attached hydrogens (tertiary/aromatic N) is 1. The smallest absolute Gasteiger partial charge is 0.251 e. The molecule has 0 aliphatic heterocycles. The van der Waals surface area contributed by atoms with Crippen molar-refractivity contribution in [2.75, 3.05) is 5.75 Å². The van der Waals surface area contributed by atoms with Gasteiger partial charge in [0.1, 0.15) is 0 Å². The van der Waals surface area contributed by atoms with Gasteiger partial charge in [0, 0.05) is 12.6 Å². The first-order chi connectivity index (χ1) is 10.9. The van der Waals surface area contributed by atoms with E-state index in [1.807, 2.05) is 45.0 Å². The molecule has 1 aromatic carbocycles. The maximum atomic E-state index is 11.9. The predicted octanol–water partition coefficient (Wildman–Crippen LogP) is 2.61. The highest BCUT2D eigenvalue weighted by atomic mass is 32.2. The number of hydrogen-bond donors (Lipinski definition) is 2. The van der Waals surface area contributed by atoms with E-state index >= 15 is 0 Å². The Morgan fingerprint density at radius 3 is 2.65 bits per heavy atom. The third-order valence-electron chi connectivity index (χ3n) is 3.28. The summed E-state index contributed by atoms with van der Waals surface area (Å²) in [4.78, 5) is 30.5. The van der Waals surface area contributed by atoms with Crippen LogP contribution in [0.5, 0.6) is 0 Å². The van der Waals surface area contributed by atoms with Gasteiger partial charge in [-0.05, 0) is 18.4 Å². The molecule has 1 aromatic heterocycles. The lowest BCUT2D eigenvalue weighted by atomic mass is 10.1. The van der Waals surface area contributed by atoms with Crippen molar-refractivity contribution in [3.63, 3.8) is 0 Å². The number of nitrogens with one attached hydrogen (secondary N) is 2. The van der Waals surface area contributed by atoms with E-state index < -0.39 is 0 Å². The van der Waals surface area contributed by atoms with E-state index in [-0.39, 0.29) is 23.1 Å². The molecule has 0 saturated carbocycles. The number of carbonyl (C=O) groups is 1. The summed E-state index contributed by atoms with van der Waals surface area (Å²) in [5, 5.41) is 3.34. The minimum absolute atomic E-state index is 0.0897. The first kappa shape index (κ1) is 17.3. The topological polar surface area (TPSA) is 74.8 Å². The van der Waals surface area contributed by atoms with Crippen LogP contribution in [-0.2, 0) is 11.3 Å². The van der Waals surface area contributed by atoms with Gasteiger partial charge in [0.15, 0.2) is 5.16 Å². The lowest BCUT2D eigenvalue weighted by Gasteiger charge is -2.07. The van der Waals surface area contributed by atoms with Gasteiger partial charge in [-0.3, -0.25) is 9.59 Å². The fourth-order valence-electron chi connectivity index (χ4n) is 1.91. The van der Waals surface area contributed by atoms with Crippen molar-refractivity contribution < 1.29 is 4.79 Å². The number of aryl methyl sites for hydroxylation is 1. The Labute approximate surface area is 139 Å². The molecule has 1 amide bonds. The van der Waals surface area contributed by atoms with Crippen molar-refractivity contribution in [1.82, 2.24) is 15.3 Å². The van der Waals surface area contributed by atoms with Crippen molar-refractivity contribution in [3.05, 3.63) is 57.5 Å². The SMILES string of the molecule is Cc1ccc(CNC(=O)CSc2nc(C(C)C)cc(=O)[nH]2)cc1. The van der Waals surface area contributed by atoms with Gasteiger partial charge in [-0.2, -0.15) is 0 Å². The molecule has 2 N–H and O–H groups in total. The summed E-state index contributed by atoms with van der Waals surface area (Å²) in [5.41, 5.74) is 2.79. The normalized spacial score (nSPS) is 10.8. The molecule has 0 fully saturated rings. The summed E-state index contributed by atoms with van der Waals surface area (Å²) in [5.74, 6) is 0.302. The van der Waals surface area contributed by atoms with Gasteiger partial charge in [0.25, 0.3) is 5.56 Å². The van der Waals surface area contributed by atoms with E-state index in [9.17, 15) is 9.59 Å². The molecule has 0 radical (unpaired) electrons. The lowest BCUT2D eigenvalue weighted by molar-refractivity contribution is -0.118. The third kappa shape index (κ3) is 5.56. The molecule has 0 spiro atoms. The van der Waals surface area contributed by atoms with E-state index in [4.69, 9.17) is 0 Å². The summed E-state index contributed by atoms with van der Waals surface area (Å²) >= 11 is 1.23. The number of aromatic amines is 1. The highest BCUT2D eigenvalue weighted by Crippen LogP contribution is 2.15. The molecule has 0 saturated heterocycles. The van der Waals surface area contributed by atoms with Crippen molar-refractivity contribution in [2.45, 2.75) is 38.4 Å². The van der Waals surface area contributed by atoms with E-state index in [0.29, 0.717) is 11.7 Å². The summed E-state index contributed by atoms with van der Waals surface area (Å²) in [6, 6.07) is 9.51. The maximum absolute atomic E-state index is 11.9. The number of H-pyrrole nitrogens is 1. The van der Waals surface area contributed by atoms with E-state index in [1.165, 1.54) is 23.4 Å². The molecule has 6 heteroatoms. The maximum Gasteiger partial charge on any atom is 0.251 e. The molecule has 122 valence electrons. The largest absolute Gasteiger partial charge is 0.351 e. The summed E-state index contributed by atoms with van der Waals surface area (Å²) < 4.78 is 0. The zero-order valence-corrected chi connectivity index (χ0v) is 14.4. The van der Waals surface area contributed by atoms with Gasteiger partial charge in [0.2, 0.25) is 5.91 Å². The van der Waals surface area contributed by atoms with Crippen LogP contribution in [0.15, 0.2) is 40.3 Å². The van der Waals surface area contributed by atoms with Crippen molar-refractivity contribution in [3.8, 4) is 0 Å². The summed E-state index contributed by atoms with van der Waals surface area (Å²) in [6.45, 7) is 6.47. The highest BCUT2D eigenvalue weighted by Gasteiger charge is 2.08. The first-order valence-electron chi connectivity index (χ1n) is 7.50. The molecule has 0 bridgehead atoms. The van der Waals surface area contributed by atoms with Gasteiger partial charge in [0.05, 0.1) is 11.4 Å². The molecule has 0 atom stereocenters. The Kier molecular flexibility index (Phi) is 5.98. The van der Waals surface area contributed by atoms with Gasteiger partial charge >= 0.3 is 0 Å². The molecule has 1 heterocycles. The molecule has 0 aliphatic rings. The second-order valence-corrected chi connectivity index (χ2v) is 6.65. The zero-order chi connectivity index (χ0) is 16.8. The average molecular weight is 331 g/mol. The Morgan fingerprint density at radius 2 is 2.00 bits per heavy atom. The lowest BCUT2D eigenvalue weighted by Crippen LogP contribution is -2.24. The zero-order valence-electron chi connectivity index (χ0n) is 13.6. The average Bonchev–Trinajstić information content (AvgIpc) is 2.52. The van der Waals surface area contributed by atoms with Crippen molar-refractivity contribution in [1.29, 1.82) is 0 Å². The van der Waals surface area contributed by atoms with E-state index in [1.54, 1.807) is 0 Å². The van der Waals surface area contributed by atoms with Gasteiger partial charge in [-0.15, -0.1) is 0 Å². The highest BCUT2D eigenvalue weighted by molar-refractivity contribution is 7.99. The van der Waals surface area contributed by atoms with Crippen LogP contribution in [0, 0.1) is 6.92 Å². The van der Waals surface area contributed by atoms with Gasteiger partial charge < -0.3 is 10.3 Å². The first-order valence-corrected chi connectivity index (χ1v) is 8.49. The van der Waals surface area contributed by atoms with Crippen LogP contribution in [0.25, 0.3) is 0 Å². The van der Waals surface area contributed by atoms with Crippen LogP contribution in [-0.4, -0.2) is 21.6 Å². The fraction of sp³-hybridized carbons (Fsp3) is 0.353. The van der Waals surface area contributed by atoms with Crippen LogP contribution in [0.2, 0.25) is 0 Å². The number of aromatic nitrogens is 2. The van der Waals surface area contributed by atoms with Crippen molar-refractivity contribution in [2.24, 2.45) is 0 Å². The molecular formula is C17H21N3O2S. The van der Waals surface area contributed by atoms with Crippen LogP contribution < -0.4 is 10.9 Å². The van der Waals surface area contributed by atoms with Crippen LogP contribution in [0.3, 0.4) is 0 Å². The second kappa shape index (κ2) is 7.97. The Balaban J connectivity index is 1.87. The van der Waals surface area contributed by atoms with E-state index in [2.05, 4.69) is 15.3 Å². The number of hydrogen-bond acceptors (Lipinski definition) is 4. The molecule has 5 nitrogen and oxygen atoms in total. The molecule has 0 aliphatic carbocycles. The number of carbonyl (C=O) groups excluding carboxylic acids is 1. The van der Waals surface area contributed by atoms with Gasteiger partial charge in [-0.25, -0.2) is 4.98 Å². The Bertz CT molecular complexity index is 723. The standard InChI is InChI=1S/C17H21N3O2S/c1-11(2)14-8-15(21)20-17(19-14)23-10-16(22)18-9-13-6-4-12(3)5-7-13/h4-8,11H,9-10H2,1-3H3,(H,18,22)(H,19,20,21). The van der Waals surface area contributed by atoms with Crippen molar-refractivity contribution >= 4 is 17.7 Å². The quantitative estimate of drug-likeness (QED) is 0.630. The Hall–Kier alpha value is -2.08. The molecule has 2 rings (SSSR count). The molecule has 2 aromatic rings. The second-order valence-electron chi connectivity index (χ2n) is 5.68. The number of thioether (sulfide) groups is 1. The fourth-order valence-corrected chi connectivity index (χ4v) is 2.62. The number of amides is 1. The van der Waals surface area contributed by atoms with Crippen LogP contribution >= 0.6 is 11.8 Å².